The van der Waals surface area contributed by atoms with Crippen LogP contribution in [-0.4, -0.2) is 76.8 Å². The molecule has 0 aromatic rings. The van der Waals surface area contributed by atoms with Crippen LogP contribution in [0.3, 0.4) is 0 Å². The number of hydrogen-bond acceptors (Lipinski definition) is 3. The molecule has 0 radical (unpaired) electrons. The molecule has 0 atom stereocenters. The van der Waals surface area contributed by atoms with E-state index in [2.05, 4.69) is 96.0 Å². The summed E-state index contributed by atoms with van der Waals surface area (Å²) in [7, 11) is 2.17. The molecular formula is C31H62N6. The van der Waals surface area contributed by atoms with Crippen LogP contribution in [0.15, 0.2) is 22.4 Å². The van der Waals surface area contributed by atoms with E-state index >= 15 is 0 Å². The van der Waals surface area contributed by atoms with Crippen LogP contribution in [-0.2, 0) is 0 Å². The van der Waals surface area contributed by atoms with Gasteiger partial charge in [-0.1, -0.05) is 60.0 Å². The maximum atomic E-state index is 5.23. The maximum Gasteiger partial charge on any atom is 0.228 e. The zero-order valence-electron chi connectivity index (χ0n) is 26.4. The lowest BCUT2D eigenvalue weighted by Crippen LogP contribution is -2.61. The monoisotopic (exact) mass is 519 g/mol. The van der Waals surface area contributed by atoms with Gasteiger partial charge in [0.05, 0.1) is 0 Å². The lowest BCUT2D eigenvalue weighted by atomic mass is 9.79. The van der Waals surface area contributed by atoms with Crippen LogP contribution < -0.4 is 5.32 Å². The second kappa shape index (κ2) is 16.4. The van der Waals surface area contributed by atoms with Crippen molar-refractivity contribution in [3.8, 4) is 0 Å². The van der Waals surface area contributed by atoms with Crippen molar-refractivity contribution >= 4 is 11.8 Å². The molecule has 6 heteroatoms. The van der Waals surface area contributed by atoms with Gasteiger partial charge in [0.25, 0.3) is 0 Å². The molecule has 0 unspecified atom stereocenters. The molecule has 1 N–H and O–H groups in total. The lowest BCUT2D eigenvalue weighted by molar-refractivity contribution is 0.0984. The van der Waals surface area contributed by atoms with Gasteiger partial charge >= 0.3 is 0 Å². The van der Waals surface area contributed by atoms with Gasteiger partial charge < -0.3 is 20.0 Å². The lowest BCUT2D eigenvalue weighted by Gasteiger charge is -2.49. The van der Waals surface area contributed by atoms with E-state index < -0.39 is 0 Å². The van der Waals surface area contributed by atoms with E-state index in [9.17, 15) is 0 Å². The molecule has 1 rings (SSSR count). The number of hydrogen-bond donors (Lipinski definition) is 1. The molecule has 1 aliphatic heterocycles. The Hall–Kier alpha value is -1.56. The smallest absolute Gasteiger partial charge is 0.228 e. The van der Waals surface area contributed by atoms with Crippen LogP contribution in [0.25, 0.3) is 0 Å². The third kappa shape index (κ3) is 12.2. The Bertz CT molecular complexity index is 691. The van der Waals surface area contributed by atoms with Gasteiger partial charge in [0.2, 0.25) is 5.96 Å². The molecular weight excluding hydrogens is 456 g/mol. The molecule has 0 bridgehead atoms. The van der Waals surface area contributed by atoms with Gasteiger partial charge in [-0.15, -0.1) is 0 Å². The Morgan fingerprint density at radius 3 is 1.57 bits per heavy atom. The number of nitrogens with zero attached hydrogens (tertiary/aromatic N) is 5. The van der Waals surface area contributed by atoms with E-state index in [1.54, 1.807) is 0 Å². The van der Waals surface area contributed by atoms with Crippen LogP contribution >= 0.6 is 0 Å². The van der Waals surface area contributed by atoms with Crippen molar-refractivity contribution in [2.45, 2.75) is 144 Å². The van der Waals surface area contributed by atoms with Gasteiger partial charge in [0, 0.05) is 50.3 Å². The maximum absolute atomic E-state index is 5.23. The van der Waals surface area contributed by atoms with Crippen LogP contribution in [0, 0.1) is 0 Å². The highest BCUT2D eigenvalue weighted by Crippen LogP contribution is 2.32. The van der Waals surface area contributed by atoms with Crippen molar-refractivity contribution in [1.29, 1.82) is 0 Å². The fourth-order valence-corrected chi connectivity index (χ4v) is 5.47. The molecule has 0 amide bonds. The van der Waals surface area contributed by atoms with Crippen LogP contribution in [0.1, 0.15) is 127 Å². The summed E-state index contributed by atoms with van der Waals surface area (Å²) in [4.78, 5) is 17.6. The number of aliphatic imine (C=N–C) groups is 2. The summed E-state index contributed by atoms with van der Waals surface area (Å²) in [5.74, 6) is 2.73. The number of piperidine rings is 1. The Kier molecular flexibility index (Phi) is 14.8. The first-order valence-electron chi connectivity index (χ1n) is 15.2. The quantitative estimate of drug-likeness (QED) is 0.183. The summed E-state index contributed by atoms with van der Waals surface area (Å²) < 4.78 is 0. The predicted octanol–water partition coefficient (Wildman–Crippen LogP) is 7.28. The minimum atomic E-state index is 0.0790. The second-order valence-corrected chi connectivity index (χ2v) is 12.4. The molecule has 0 aromatic carbocycles. The largest absolute Gasteiger partial charge is 0.360 e. The molecule has 1 heterocycles. The van der Waals surface area contributed by atoms with E-state index in [1.165, 1.54) is 25.7 Å². The van der Waals surface area contributed by atoms with Crippen molar-refractivity contribution in [3.05, 3.63) is 12.4 Å². The van der Waals surface area contributed by atoms with Crippen LogP contribution in [0.2, 0.25) is 0 Å². The standard InChI is InChI=1S/C31H62N6/c1-12-16-20-36(21-17-13-2)27(6)33-29(37(22-18-14-3)23-19-15-4)32-26(5)35(11)28-24-30(7,8)34-31(9,10)25-28/h28,34H,5,12-25H2,1-4,6-11H3. The van der Waals surface area contributed by atoms with Crippen molar-refractivity contribution in [3.63, 3.8) is 0 Å². The molecule has 1 saturated heterocycles. The van der Waals surface area contributed by atoms with Gasteiger partial charge in [-0.25, -0.2) is 4.99 Å². The molecule has 0 saturated carbocycles. The Balaban J connectivity index is 3.36. The molecule has 0 aliphatic carbocycles. The van der Waals surface area contributed by atoms with Gasteiger partial charge in [-0.05, 0) is 73.1 Å². The number of rotatable bonds is 15. The first-order chi connectivity index (χ1) is 17.4. The van der Waals surface area contributed by atoms with Gasteiger partial charge in [0.15, 0.2) is 0 Å². The summed E-state index contributed by atoms with van der Waals surface area (Å²) in [6.07, 6.45) is 11.5. The average Bonchev–Trinajstić information content (AvgIpc) is 2.81. The second-order valence-electron chi connectivity index (χ2n) is 12.4. The molecule has 6 nitrogen and oxygen atoms in total. The van der Waals surface area contributed by atoms with Crippen molar-refractivity contribution in [2.24, 2.45) is 9.98 Å². The summed E-state index contributed by atoms with van der Waals surface area (Å²) in [5.41, 5.74) is 0.158. The molecule has 216 valence electrons. The Morgan fingerprint density at radius 2 is 1.16 bits per heavy atom. The van der Waals surface area contributed by atoms with E-state index in [-0.39, 0.29) is 11.1 Å². The minimum absolute atomic E-state index is 0.0790. The first-order valence-corrected chi connectivity index (χ1v) is 15.2. The average molecular weight is 519 g/mol. The first kappa shape index (κ1) is 33.5. The van der Waals surface area contributed by atoms with Crippen molar-refractivity contribution in [2.75, 3.05) is 33.2 Å². The third-order valence-electron chi connectivity index (χ3n) is 7.48. The van der Waals surface area contributed by atoms with E-state index in [4.69, 9.17) is 9.98 Å². The fourth-order valence-electron chi connectivity index (χ4n) is 5.47. The molecule has 0 aromatic heterocycles. The highest BCUT2D eigenvalue weighted by Gasteiger charge is 2.39. The number of guanidine groups is 1. The summed E-state index contributed by atoms with van der Waals surface area (Å²) in [5, 5.41) is 3.81. The SMILES string of the molecule is C=C(N=C(N=C(C)N(CCCC)CCCC)N(CCCC)CCCC)N(C)C1CC(C)(C)NC(C)(C)C1. The number of nitrogens with one attached hydrogen (secondary N) is 1. The number of unbranched alkanes of at least 4 members (excludes halogenated alkanes) is 4. The van der Waals surface area contributed by atoms with Gasteiger partial charge in [-0.2, -0.15) is 4.99 Å². The van der Waals surface area contributed by atoms with E-state index in [0.29, 0.717) is 6.04 Å². The Labute approximate surface area is 231 Å². The van der Waals surface area contributed by atoms with Gasteiger partial charge in [0.1, 0.15) is 11.7 Å². The molecule has 0 spiro atoms. The molecule has 1 aliphatic rings. The van der Waals surface area contributed by atoms with Crippen molar-refractivity contribution in [1.82, 2.24) is 20.0 Å². The highest BCUT2D eigenvalue weighted by atomic mass is 15.3. The van der Waals surface area contributed by atoms with Crippen molar-refractivity contribution < 1.29 is 0 Å². The van der Waals surface area contributed by atoms with Crippen LogP contribution in [0.5, 0.6) is 0 Å². The Morgan fingerprint density at radius 1 is 0.757 bits per heavy atom. The normalized spacial score (nSPS) is 18.1. The molecule has 1 fully saturated rings. The number of amidine groups is 1. The third-order valence-corrected chi connectivity index (χ3v) is 7.48. The van der Waals surface area contributed by atoms with E-state index in [1.807, 2.05) is 0 Å². The summed E-state index contributed by atoms with van der Waals surface area (Å²) in [6.45, 7) is 29.0. The zero-order chi connectivity index (χ0) is 28.1. The summed E-state index contributed by atoms with van der Waals surface area (Å²) >= 11 is 0. The zero-order valence-corrected chi connectivity index (χ0v) is 26.4. The van der Waals surface area contributed by atoms with Gasteiger partial charge in [-0.3, -0.25) is 0 Å². The highest BCUT2D eigenvalue weighted by molar-refractivity contribution is 5.95. The van der Waals surface area contributed by atoms with E-state index in [0.717, 1.165) is 82.3 Å². The predicted molar refractivity (Wildman–Crippen MR) is 165 cm³/mol. The topological polar surface area (TPSA) is 46.5 Å². The summed E-state index contributed by atoms with van der Waals surface area (Å²) in [6, 6.07) is 0.388. The minimum Gasteiger partial charge on any atom is -0.360 e. The van der Waals surface area contributed by atoms with Crippen LogP contribution in [0.4, 0.5) is 0 Å². The molecule has 37 heavy (non-hydrogen) atoms. The fraction of sp³-hybridized carbons (Fsp3) is 0.871.